The van der Waals surface area contributed by atoms with Crippen LogP contribution in [0.1, 0.15) is 25.0 Å². The largest absolute Gasteiger partial charge is 0.297 e. The van der Waals surface area contributed by atoms with Crippen LogP contribution in [0, 0.1) is 5.92 Å². The number of hydrogen-bond acceptors (Lipinski definition) is 2. The summed E-state index contributed by atoms with van der Waals surface area (Å²) in [6.07, 6.45) is 0. The number of Topliss-reactive ketones (excluding diaryl/α,β-unsaturated/α-hetero) is 1. The van der Waals surface area contributed by atoms with Gasteiger partial charge in [-0.2, -0.15) is 0 Å². The molecule has 22 heavy (non-hydrogen) atoms. The average molecular weight is 293 g/mol. The molecular formula is C20H23NO. The second-order valence-corrected chi connectivity index (χ2v) is 6.42. The zero-order valence-electron chi connectivity index (χ0n) is 13.5. The van der Waals surface area contributed by atoms with E-state index in [2.05, 4.69) is 36.1 Å². The summed E-state index contributed by atoms with van der Waals surface area (Å²) in [5.74, 6) is 0.525. The number of hydrogen-bond donors (Lipinski definition) is 0. The van der Waals surface area contributed by atoms with Crippen molar-refractivity contribution >= 4 is 5.78 Å². The van der Waals surface area contributed by atoms with Crippen molar-refractivity contribution in [2.75, 3.05) is 13.6 Å². The van der Waals surface area contributed by atoms with Crippen molar-refractivity contribution in [3.63, 3.8) is 0 Å². The average Bonchev–Trinajstić information content (AvgIpc) is 2.55. The van der Waals surface area contributed by atoms with Gasteiger partial charge in [-0.3, -0.25) is 9.69 Å². The number of benzene rings is 2. The minimum atomic E-state index is -0.547. The van der Waals surface area contributed by atoms with E-state index in [0.717, 1.165) is 17.7 Å². The molecule has 0 radical (unpaired) electrons. The Morgan fingerprint density at radius 1 is 0.909 bits per heavy atom. The molecule has 1 aliphatic heterocycles. The van der Waals surface area contributed by atoms with Gasteiger partial charge in [0.25, 0.3) is 0 Å². The molecule has 0 amide bonds. The molecule has 114 valence electrons. The van der Waals surface area contributed by atoms with Crippen LogP contribution in [-0.2, 0) is 10.2 Å². The maximum Gasteiger partial charge on any atom is 0.164 e. The van der Waals surface area contributed by atoms with E-state index in [0.29, 0.717) is 5.78 Å². The molecule has 1 saturated heterocycles. The first-order chi connectivity index (χ1) is 10.6. The van der Waals surface area contributed by atoms with Crippen molar-refractivity contribution in [2.45, 2.75) is 25.3 Å². The van der Waals surface area contributed by atoms with Crippen LogP contribution >= 0.6 is 0 Å². The summed E-state index contributed by atoms with van der Waals surface area (Å²) in [4.78, 5) is 15.6. The fraction of sp³-hybridized carbons (Fsp3) is 0.350. The molecule has 1 fully saturated rings. The lowest BCUT2D eigenvalue weighted by Gasteiger charge is -2.48. The summed E-state index contributed by atoms with van der Waals surface area (Å²) in [5.41, 5.74) is 1.67. The van der Waals surface area contributed by atoms with Crippen LogP contribution < -0.4 is 0 Å². The Bertz CT molecular complexity index is 610. The van der Waals surface area contributed by atoms with E-state index in [-0.39, 0.29) is 12.0 Å². The number of likely N-dealkylation sites (tertiary alicyclic amines) is 1. The molecule has 0 aliphatic carbocycles. The molecule has 0 saturated carbocycles. The Labute approximate surface area is 132 Å². The number of nitrogens with zero attached hydrogens (tertiary/aromatic N) is 1. The molecule has 0 aromatic heterocycles. The molecule has 2 unspecified atom stereocenters. The van der Waals surface area contributed by atoms with Gasteiger partial charge >= 0.3 is 0 Å². The van der Waals surface area contributed by atoms with Crippen molar-refractivity contribution in [3.8, 4) is 0 Å². The van der Waals surface area contributed by atoms with E-state index in [1.54, 1.807) is 0 Å². The fourth-order valence-corrected chi connectivity index (χ4v) is 3.92. The third-order valence-electron chi connectivity index (χ3n) is 5.19. The topological polar surface area (TPSA) is 20.3 Å². The Morgan fingerprint density at radius 3 is 1.82 bits per heavy atom. The Balaban J connectivity index is 2.26. The van der Waals surface area contributed by atoms with Crippen LogP contribution in [0.4, 0.5) is 0 Å². The Morgan fingerprint density at radius 2 is 1.36 bits per heavy atom. The van der Waals surface area contributed by atoms with Gasteiger partial charge in [-0.05, 0) is 31.0 Å². The molecule has 0 N–H and O–H groups in total. The summed E-state index contributed by atoms with van der Waals surface area (Å²) in [6.45, 7) is 5.13. The van der Waals surface area contributed by atoms with Gasteiger partial charge in [0.15, 0.2) is 5.78 Å². The smallest absolute Gasteiger partial charge is 0.164 e. The fourth-order valence-electron chi connectivity index (χ4n) is 3.92. The molecule has 0 bridgehead atoms. The van der Waals surface area contributed by atoms with Crippen molar-refractivity contribution in [1.82, 2.24) is 4.90 Å². The van der Waals surface area contributed by atoms with Gasteiger partial charge in [0, 0.05) is 6.54 Å². The molecule has 0 spiro atoms. The van der Waals surface area contributed by atoms with E-state index in [9.17, 15) is 4.79 Å². The lowest BCUT2D eigenvalue weighted by atomic mass is 9.60. The van der Waals surface area contributed by atoms with Gasteiger partial charge in [0.1, 0.15) is 0 Å². The van der Waals surface area contributed by atoms with Crippen LogP contribution in [0.5, 0.6) is 0 Å². The van der Waals surface area contributed by atoms with Crippen LogP contribution in [0.25, 0.3) is 0 Å². The highest BCUT2D eigenvalue weighted by Gasteiger charge is 2.52. The molecular weight excluding hydrogens is 270 g/mol. The third kappa shape index (κ3) is 2.10. The van der Waals surface area contributed by atoms with Crippen LogP contribution in [0.3, 0.4) is 0 Å². The maximum atomic E-state index is 13.4. The van der Waals surface area contributed by atoms with Crippen molar-refractivity contribution in [3.05, 3.63) is 71.8 Å². The van der Waals surface area contributed by atoms with Crippen molar-refractivity contribution in [2.24, 2.45) is 5.92 Å². The van der Waals surface area contributed by atoms with Gasteiger partial charge in [-0.15, -0.1) is 0 Å². The molecule has 2 heteroatoms. The van der Waals surface area contributed by atoms with Crippen LogP contribution in [0.15, 0.2) is 60.7 Å². The van der Waals surface area contributed by atoms with Gasteiger partial charge < -0.3 is 0 Å². The molecule has 2 nitrogen and oxygen atoms in total. The molecule has 2 aromatic carbocycles. The minimum Gasteiger partial charge on any atom is -0.297 e. The standard InChI is InChI=1S/C20H23NO/c1-15-14-21(3)16(2)19(22)20(15,17-10-6-4-7-11-17)18-12-8-5-9-13-18/h4-13,15-16H,14H2,1-3H3. The number of carbonyl (C=O) groups excluding carboxylic acids is 1. The summed E-state index contributed by atoms with van der Waals surface area (Å²) < 4.78 is 0. The predicted molar refractivity (Wildman–Crippen MR) is 89.9 cm³/mol. The summed E-state index contributed by atoms with van der Waals surface area (Å²) >= 11 is 0. The van der Waals surface area contributed by atoms with Crippen LogP contribution in [-0.4, -0.2) is 30.3 Å². The van der Waals surface area contributed by atoms with Crippen molar-refractivity contribution in [1.29, 1.82) is 0 Å². The number of rotatable bonds is 2. The first-order valence-corrected chi connectivity index (χ1v) is 7.94. The molecule has 1 heterocycles. The summed E-state index contributed by atoms with van der Waals surface area (Å²) in [7, 11) is 2.04. The highest BCUT2D eigenvalue weighted by atomic mass is 16.1. The summed E-state index contributed by atoms with van der Waals surface area (Å²) in [6, 6.07) is 20.5. The lowest BCUT2D eigenvalue weighted by molar-refractivity contribution is -0.133. The van der Waals surface area contributed by atoms with Crippen molar-refractivity contribution < 1.29 is 4.79 Å². The van der Waals surface area contributed by atoms with E-state index in [1.807, 2.05) is 50.4 Å². The van der Waals surface area contributed by atoms with E-state index in [4.69, 9.17) is 0 Å². The van der Waals surface area contributed by atoms with Gasteiger partial charge in [0.2, 0.25) is 0 Å². The Hall–Kier alpha value is -1.93. The highest BCUT2D eigenvalue weighted by Crippen LogP contribution is 2.44. The third-order valence-corrected chi connectivity index (χ3v) is 5.19. The van der Waals surface area contributed by atoms with Gasteiger partial charge in [-0.1, -0.05) is 67.6 Å². The number of carbonyl (C=O) groups is 1. The molecule has 2 atom stereocenters. The predicted octanol–water partition coefficient (Wildman–Crippen LogP) is 3.51. The summed E-state index contributed by atoms with van der Waals surface area (Å²) in [5, 5.41) is 0. The maximum absolute atomic E-state index is 13.4. The van der Waals surface area contributed by atoms with Crippen LogP contribution in [0.2, 0.25) is 0 Å². The Kier molecular flexibility index (Phi) is 3.88. The molecule has 3 rings (SSSR count). The quantitative estimate of drug-likeness (QED) is 0.844. The number of piperidine rings is 1. The zero-order valence-corrected chi connectivity index (χ0v) is 13.5. The molecule has 2 aromatic rings. The zero-order chi connectivity index (χ0) is 15.7. The highest BCUT2D eigenvalue weighted by molar-refractivity contribution is 5.98. The van der Waals surface area contributed by atoms with Gasteiger partial charge in [-0.25, -0.2) is 0 Å². The minimum absolute atomic E-state index is 0.0726. The first kappa shape index (κ1) is 15.0. The second-order valence-electron chi connectivity index (χ2n) is 6.42. The number of ketones is 1. The molecule has 1 aliphatic rings. The lowest BCUT2D eigenvalue weighted by Crippen LogP contribution is -2.59. The van der Waals surface area contributed by atoms with E-state index in [1.165, 1.54) is 0 Å². The monoisotopic (exact) mass is 293 g/mol. The first-order valence-electron chi connectivity index (χ1n) is 7.94. The van der Waals surface area contributed by atoms with E-state index >= 15 is 0 Å². The second kappa shape index (κ2) is 5.69. The SMILES string of the molecule is CC1C(=O)C(c2ccccc2)(c2ccccc2)C(C)CN1C. The number of likely N-dealkylation sites (N-methyl/N-ethyl adjacent to an activating group) is 1. The van der Waals surface area contributed by atoms with E-state index < -0.39 is 5.41 Å². The van der Waals surface area contributed by atoms with Gasteiger partial charge in [0.05, 0.1) is 11.5 Å². The normalized spacial score (nSPS) is 25.1.